The number of nitrogens with one attached hydrogen (secondary N) is 1. The van der Waals surface area contributed by atoms with Gasteiger partial charge in [0.2, 0.25) is 0 Å². The number of anilines is 1. The summed E-state index contributed by atoms with van der Waals surface area (Å²) in [5.41, 5.74) is 1.66. The van der Waals surface area contributed by atoms with Crippen LogP contribution in [0.5, 0.6) is 0 Å². The minimum absolute atomic E-state index is 0.138. The molecule has 0 bridgehead atoms. The van der Waals surface area contributed by atoms with Gasteiger partial charge in [0.1, 0.15) is 0 Å². The fourth-order valence-corrected chi connectivity index (χ4v) is 4.97. The monoisotopic (exact) mass is 434 g/mol. The molecule has 0 saturated heterocycles. The molecule has 7 heteroatoms. The lowest BCUT2D eigenvalue weighted by atomic mass is 10.1. The highest BCUT2D eigenvalue weighted by atomic mass is 35.5. The number of carbonyl (C=O) groups excluding carboxylic acids is 1. The van der Waals surface area contributed by atoms with Crippen molar-refractivity contribution in [1.29, 1.82) is 0 Å². The zero-order valence-corrected chi connectivity index (χ0v) is 18.4. The summed E-state index contributed by atoms with van der Waals surface area (Å²) in [6.07, 6.45) is 6.54. The van der Waals surface area contributed by atoms with E-state index in [4.69, 9.17) is 11.6 Å². The number of sulfonamides is 1. The molecule has 0 unspecified atom stereocenters. The normalized spacial score (nSPS) is 15.6. The fraction of sp³-hybridized carbons (Fsp3) is 0.409. The van der Waals surface area contributed by atoms with Crippen molar-refractivity contribution < 1.29 is 13.2 Å². The van der Waals surface area contributed by atoms with Crippen LogP contribution >= 0.6 is 11.6 Å². The molecule has 0 heterocycles. The van der Waals surface area contributed by atoms with Crippen molar-refractivity contribution in [2.45, 2.75) is 56.4 Å². The Balaban J connectivity index is 1.83. The Kier molecular flexibility index (Phi) is 6.85. The van der Waals surface area contributed by atoms with Crippen molar-refractivity contribution in [3.05, 3.63) is 58.6 Å². The Morgan fingerprint density at radius 2 is 1.66 bits per heavy atom. The van der Waals surface area contributed by atoms with Crippen molar-refractivity contribution in [1.82, 2.24) is 5.32 Å². The molecule has 1 aliphatic rings. The van der Waals surface area contributed by atoms with Crippen LogP contribution in [0.1, 0.15) is 54.4 Å². The minimum atomic E-state index is -3.74. The summed E-state index contributed by atoms with van der Waals surface area (Å²) < 4.78 is 27.1. The first-order valence-corrected chi connectivity index (χ1v) is 11.8. The zero-order chi connectivity index (χ0) is 21.0. The smallest absolute Gasteiger partial charge is 0.264 e. The molecule has 29 heavy (non-hydrogen) atoms. The fourth-order valence-electron chi connectivity index (χ4n) is 3.58. The largest absolute Gasteiger partial charge is 0.349 e. The molecule has 1 amide bonds. The first-order valence-electron chi connectivity index (χ1n) is 9.95. The number of benzene rings is 2. The summed E-state index contributed by atoms with van der Waals surface area (Å²) in [5, 5.41) is 3.37. The summed E-state index contributed by atoms with van der Waals surface area (Å²) in [6, 6.07) is 11.5. The zero-order valence-electron chi connectivity index (χ0n) is 16.8. The van der Waals surface area contributed by atoms with Crippen LogP contribution in [0.15, 0.2) is 47.4 Å². The van der Waals surface area contributed by atoms with Crippen molar-refractivity contribution in [2.75, 3.05) is 11.4 Å². The molecule has 1 saturated carbocycles. The topological polar surface area (TPSA) is 66.5 Å². The molecule has 1 N–H and O–H groups in total. The van der Waals surface area contributed by atoms with E-state index in [-0.39, 0.29) is 16.8 Å². The molecule has 3 rings (SSSR count). The van der Waals surface area contributed by atoms with Gasteiger partial charge in [0.15, 0.2) is 0 Å². The molecule has 2 aromatic rings. The van der Waals surface area contributed by atoms with E-state index in [1.165, 1.54) is 24.2 Å². The van der Waals surface area contributed by atoms with Crippen molar-refractivity contribution in [2.24, 2.45) is 0 Å². The van der Waals surface area contributed by atoms with Crippen molar-refractivity contribution in [3.8, 4) is 0 Å². The van der Waals surface area contributed by atoms with Crippen LogP contribution < -0.4 is 9.62 Å². The van der Waals surface area contributed by atoms with Crippen LogP contribution in [0.4, 0.5) is 5.69 Å². The molecule has 0 aromatic heterocycles. The van der Waals surface area contributed by atoms with Crippen LogP contribution in [-0.2, 0) is 10.0 Å². The van der Waals surface area contributed by atoms with Gasteiger partial charge in [0, 0.05) is 13.1 Å². The molecular formula is C22H27ClN2O3S. The van der Waals surface area contributed by atoms with E-state index < -0.39 is 10.0 Å². The molecule has 1 fully saturated rings. The first kappa shape index (κ1) is 21.7. The Morgan fingerprint density at radius 3 is 2.28 bits per heavy atom. The lowest BCUT2D eigenvalue weighted by Gasteiger charge is -2.21. The van der Waals surface area contributed by atoms with Gasteiger partial charge in [-0.2, -0.15) is 0 Å². The number of nitrogens with zero attached hydrogens (tertiary/aromatic N) is 1. The van der Waals surface area contributed by atoms with Gasteiger partial charge in [0.05, 0.1) is 21.2 Å². The van der Waals surface area contributed by atoms with Gasteiger partial charge in [0.25, 0.3) is 15.9 Å². The summed E-state index contributed by atoms with van der Waals surface area (Å²) in [4.78, 5) is 13.0. The van der Waals surface area contributed by atoms with E-state index in [9.17, 15) is 13.2 Å². The number of hydrogen-bond donors (Lipinski definition) is 1. The third-order valence-corrected chi connectivity index (χ3v) is 7.56. The van der Waals surface area contributed by atoms with E-state index in [1.807, 2.05) is 6.92 Å². The number of halogens is 1. The second kappa shape index (κ2) is 9.18. The molecule has 156 valence electrons. The average Bonchev–Trinajstić information content (AvgIpc) is 2.96. The maximum atomic E-state index is 13.0. The summed E-state index contributed by atoms with van der Waals surface area (Å²) in [5.74, 6) is -0.259. The second-order valence-corrected chi connectivity index (χ2v) is 9.99. The van der Waals surface area contributed by atoms with E-state index in [1.54, 1.807) is 42.5 Å². The average molecular weight is 435 g/mol. The van der Waals surface area contributed by atoms with Crippen LogP contribution in [0.3, 0.4) is 0 Å². The number of rotatable bonds is 5. The highest BCUT2D eigenvalue weighted by molar-refractivity contribution is 7.92. The van der Waals surface area contributed by atoms with Gasteiger partial charge in [-0.25, -0.2) is 8.42 Å². The van der Waals surface area contributed by atoms with Crippen LogP contribution in [0, 0.1) is 6.92 Å². The number of amides is 1. The molecule has 0 aliphatic heterocycles. The summed E-state index contributed by atoms with van der Waals surface area (Å²) in [6.45, 7) is 1.90. The second-order valence-electron chi connectivity index (χ2n) is 7.61. The quantitative estimate of drug-likeness (QED) is 0.678. The molecule has 0 atom stereocenters. The summed E-state index contributed by atoms with van der Waals surface area (Å²) >= 11 is 6.27. The Bertz CT molecular complexity index is 966. The van der Waals surface area contributed by atoms with Crippen LogP contribution in [0.2, 0.25) is 5.02 Å². The standard InChI is InChI=1S/C22H27ClN2O3S/c1-16-9-12-19(13-10-16)29(27,28)25(2)18-11-14-21(23)20(15-18)22(26)24-17-7-5-3-4-6-8-17/h9-15,17H,3-8H2,1-2H3,(H,24,26). The van der Waals surface area contributed by atoms with Gasteiger partial charge in [-0.05, 0) is 50.1 Å². The number of hydrogen-bond acceptors (Lipinski definition) is 3. The Hall–Kier alpha value is -2.05. The third kappa shape index (κ3) is 5.11. The van der Waals surface area contributed by atoms with Gasteiger partial charge in [-0.15, -0.1) is 0 Å². The summed E-state index contributed by atoms with van der Waals surface area (Å²) in [7, 11) is -2.26. The molecule has 5 nitrogen and oxygen atoms in total. The molecular weight excluding hydrogens is 408 g/mol. The number of carbonyl (C=O) groups is 1. The van der Waals surface area contributed by atoms with Gasteiger partial charge in [-0.3, -0.25) is 9.10 Å². The minimum Gasteiger partial charge on any atom is -0.349 e. The van der Waals surface area contributed by atoms with Gasteiger partial charge >= 0.3 is 0 Å². The highest BCUT2D eigenvalue weighted by Crippen LogP contribution is 2.27. The van der Waals surface area contributed by atoms with Gasteiger partial charge < -0.3 is 5.32 Å². The van der Waals surface area contributed by atoms with E-state index in [2.05, 4.69) is 5.32 Å². The maximum absolute atomic E-state index is 13.0. The predicted octanol–water partition coefficient (Wildman–Crippen LogP) is 4.93. The van der Waals surface area contributed by atoms with E-state index in [0.717, 1.165) is 31.2 Å². The molecule has 0 radical (unpaired) electrons. The Labute approximate surface area is 178 Å². The SMILES string of the molecule is Cc1ccc(S(=O)(=O)N(C)c2ccc(Cl)c(C(=O)NC3CCCCCC3)c2)cc1. The maximum Gasteiger partial charge on any atom is 0.264 e. The highest BCUT2D eigenvalue weighted by Gasteiger charge is 2.23. The van der Waals surface area contributed by atoms with E-state index in [0.29, 0.717) is 16.3 Å². The lowest BCUT2D eigenvalue weighted by Crippen LogP contribution is -2.34. The molecule has 0 spiro atoms. The first-order chi connectivity index (χ1) is 13.8. The lowest BCUT2D eigenvalue weighted by molar-refractivity contribution is 0.0933. The predicted molar refractivity (Wildman–Crippen MR) is 117 cm³/mol. The molecule has 1 aliphatic carbocycles. The third-order valence-electron chi connectivity index (χ3n) is 5.43. The van der Waals surface area contributed by atoms with Crippen molar-refractivity contribution >= 4 is 33.2 Å². The molecule has 2 aromatic carbocycles. The van der Waals surface area contributed by atoms with Crippen LogP contribution in [0.25, 0.3) is 0 Å². The Morgan fingerprint density at radius 1 is 1.03 bits per heavy atom. The van der Waals surface area contributed by atoms with Crippen LogP contribution in [-0.4, -0.2) is 27.4 Å². The number of aryl methyl sites for hydroxylation is 1. The van der Waals surface area contributed by atoms with Gasteiger partial charge in [-0.1, -0.05) is 55.0 Å². The van der Waals surface area contributed by atoms with Crippen molar-refractivity contribution in [3.63, 3.8) is 0 Å². The van der Waals surface area contributed by atoms with E-state index >= 15 is 0 Å².